The quantitative estimate of drug-likeness (QED) is 0.703. The van der Waals surface area contributed by atoms with Crippen molar-refractivity contribution < 1.29 is 19.4 Å². The Kier molecular flexibility index (Phi) is 2.98. The molecule has 2 heterocycles. The largest absolute Gasteiger partial charge is 0.481 e. The van der Waals surface area contributed by atoms with Gasteiger partial charge in [0, 0.05) is 13.7 Å². The van der Waals surface area contributed by atoms with Gasteiger partial charge in [0.25, 0.3) is 0 Å². The second-order valence-corrected chi connectivity index (χ2v) is 4.59. The fraction of sp³-hybridized carbons (Fsp3) is 0.909. The van der Waals surface area contributed by atoms with Crippen LogP contribution in [0.25, 0.3) is 0 Å². The highest BCUT2D eigenvalue weighted by Crippen LogP contribution is 2.50. The van der Waals surface area contributed by atoms with Gasteiger partial charge in [-0.2, -0.15) is 0 Å². The minimum atomic E-state index is -0.689. The molecule has 0 spiro atoms. The zero-order valence-electron chi connectivity index (χ0n) is 9.07. The number of hydrogen-bond donors (Lipinski definition) is 1. The standard InChI is InChI=1S/C11H18O4/c1-14-6-2-5-11(10(12)13)7-8-3-4-9(11)15-8/h8-9H,2-7H2,1H3,(H,12,13). The minimum Gasteiger partial charge on any atom is -0.481 e. The fourth-order valence-corrected chi connectivity index (χ4v) is 2.93. The van der Waals surface area contributed by atoms with Gasteiger partial charge in [0.2, 0.25) is 0 Å². The molecule has 2 aliphatic rings. The molecule has 2 saturated heterocycles. The molecule has 3 atom stereocenters. The van der Waals surface area contributed by atoms with Crippen LogP contribution in [0.15, 0.2) is 0 Å². The number of aliphatic carboxylic acids is 1. The summed E-state index contributed by atoms with van der Waals surface area (Å²) in [6, 6.07) is 0. The van der Waals surface area contributed by atoms with Gasteiger partial charge in [-0.25, -0.2) is 0 Å². The van der Waals surface area contributed by atoms with E-state index in [4.69, 9.17) is 9.47 Å². The van der Waals surface area contributed by atoms with Crippen molar-refractivity contribution in [3.8, 4) is 0 Å². The van der Waals surface area contributed by atoms with Crippen molar-refractivity contribution in [2.75, 3.05) is 13.7 Å². The lowest BCUT2D eigenvalue weighted by molar-refractivity contribution is -0.153. The molecule has 3 unspecified atom stereocenters. The molecule has 0 amide bonds. The van der Waals surface area contributed by atoms with Crippen LogP contribution < -0.4 is 0 Å². The Morgan fingerprint density at radius 1 is 1.60 bits per heavy atom. The smallest absolute Gasteiger partial charge is 0.312 e. The fourth-order valence-electron chi connectivity index (χ4n) is 2.93. The summed E-state index contributed by atoms with van der Waals surface area (Å²) in [5, 5.41) is 9.36. The van der Waals surface area contributed by atoms with E-state index in [0.717, 1.165) is 19.3 Å². The molecule has 2 fully saturated rings. The third kappa shape index (κ3) is 1.76. The van der Waals surface area contributed by atoms with Gasteiger partial charge in [-0.1, -0.05) is 0 Å². The van der Waals surface area contributed by atoms with E-state index in [0.29, 0.717) is 19.4 Å². The molecule has 0 aromatic heterocycles. The van der Waals surface area contributed by atoms with Crippen molar-refractivity contribution in [3.05, 3.63) is 0 Å². The lowest BCUT2D eigenvalue weighted by Crippen LogP contribution is -2.40. The molecule has 0 aliphatic carbocycles. The maximum absolute atomic E-state index is 11.4. The summed E-state index contributed by atoms with van der Waals surface area (Å²) in [4.78, 5) is 11.4. The highest BCUT2D eigenvalue weighted by molar-refractivity contribution is 5.76. The Bertz CT molecular complexity index is 253. The summed E-state index contributed by atoms with van der Waals surface area (Å²) in [6.45, 7) is 0.631. The second-order valence-electron chi connectivity index (χ2n) is 4.59. The molecule has 4 nitrogen and oxygen atoms in total. The first-order valence-corrected chi connectivity index (χ1v) is 5.57. The van der Waals surface area contributed by atoms with Gasteiger partial charge in [-0.3, -0.25) is 4.79 Å². The van der Waals surface area contributed by atoms with E-state index in [9.17, 15) is 9.90 Å². The first-order valence-electron chi connectivity index (χ1n) is 5.57. The molecule has 4 heteroatoms. The van der Waals surface area contributed by atoms with Crippen LogP contribution in [0.3, 0.4) is 0 Å². The first kappa shape index (κ1) is 10.9. The molecule has 86 valence electrons. The summed E-state index contributed by atoms with van der Waals surface area (Å²) in [5.41, 5.74) is -0.624. The van der Waals surface area contributed by atoms with E-state index >= 15 is 0 Å². The highest BCUT2D eigenvalue weighted by atomic mass is 16.5. The van der Waals surface area contributed by atoms with Gasteiger partial charge in [-0.05, 0) is 32.1 Å². The Morgan fingerprint density at radius 2 is 2.40 bits per heavy atom. The number of carbonyl (C=O) groups is 1. The van der Waals surface area contributed by atoms with Crippen molar-refractivity contribution in [3.63, 3.8) is 0 Å². The van der Waals surface area contributed by atoms with Gasteiger partial charge in [0.05, 0.1) is 17.6 Å². The molecule has 0 saturated carbocycles. The number of rotatable bonds is 5. The summed E-state index contributed by atoms with van der Waals surface area (Å²) >= 11 is 0. The summed E-state index contributed by atoms with van der Waals surface area (Å²) in [7, 11) is 1.64. The van der Waals surface area contributed by atoms with Crippen LogP contribution in [0.1, 0.15) is 32.1 Å². The number of hydrogen-bond acceptors (Lipinski definition) is 3. The van der Waals surface area contributed by atoms with Crippen molar-refractivity contribution in [2.24, 2.45) is 5.41 Å². The van der Waals surface area contributed by atoms with Crippen LogP contribution in [-0.4, -0.2) is 37.0 Å². The van der Waals surface area contributed by atoms with E-state index in [2.05, 4.69) is 0 Å². The van der Waals surface area contributed by atoms with E-state index < -0.39 is 11.4 Å². The van der Waals surface area contributed by atoms with Crippen molar-refractivity contribution in [1.29, 1.82) is 0 Å². The van der Waals surface area contributed by atoms with Gasteiger partial charge in [-0.15, -0.1) is 0 Å². The third-order valence-corrected chi connectivity index (χ3v) is 3.71. The van der Waals surface area contributed by atoms with Crippen LogP contribution in [-0.2, 0) is 14.3 Å². The van der Waals surface area contributed by atoms with Crippen molar-refractivity contribution >= 4 is 5.97 Å². The van der Waals surface area contributed by atoms with Crippen LogP contribution in [0.4, 0.5) is 0 Å². The van der Waals surface area contributed by atoms with Crippen LogP contribution in [0, 0.1) is 5.41 Å². The Balaban J connectivity index is 2.02. The highest BCUT2D eigenvalue weighted by Gasteiger charge is 2.56. The predicted molar refractivity (Wildman–Crippen MR) is 53.7 cm³/mol. The van der Waals surface area contributed by atoms with Crippen LogP contribution in [0.2, 0.25) is 0 Å². The monoisotopic (exact) mass is 214 g/mol. The van der Waals surface area contributed by atoms with Crippen LogP contribution >= 0.6 is 0 Å². The molecular formula is C11H18O4. The lowest BCUT2D eigenvalue weighted by atomic mass is 9.71. The van der Waals surface area contributed by atoms with Crippen LogP contribution in [0.5, 0.6) is 0 Å². The topological polar surface area (TPSA) is 55.8 Å². The zero-order chi connectivity index (χ0) is 10.9. The van der Waals surface area contributed by atoms with Crippen molar-refractivity contribution in [1.82, 2.24) is 0 Å². The number of fused-ring (bicyclic) bond motifs is 2. The molecule has 0 radical (unpaired) electrons. The van der Waals surface area contributed by atoms with E-state index in [1.807, 2.05) is 0 Å². The van der Waals surface area contributed by atoms with E-state index in [1.54, 1.807) is 7.11 Å². The SMILES string of the molecule is COCCCC1(C(=O)O)CC2CCC1O2. The maximum atomic E-state index is 11.4. The molecular weight excluding hydrogens is 196 g/mol. The van der Waals surface area contributed by atoms with E-state index in [1.165, 1.54) is 0 Å². The molecule has 2 aliphatic heterocycles. The molecule has 0 aromatic carbocycles. The number of carboxylic acid groups (broad SMARTS) is 1. The number of methoxy groups -OCH3 is 1. The molecule has 15 heavy (non-hydrogen) atoms. The van der Waals surface area contributed by atoms with Gasteiger partial charge >= 0.3 is 5.97 Å². The molecule has 0 aromatic rings. The second kappa shape index (κ2) is 4.10. The lowest BCUT2D eigenvalue weighted by Gasteiger charge is -2.30. The molecule has 1 N–H and O–H groups in total. The van der Waals surface area contributed by atoms with Gasteiger partial charge in [0.15, 0.2) is 0 Å². The number of carboxylic acids is 1. The van der Waals surface area contributed by atoms with Gasteiger partial charge in [0.1, 0.15) is 0 Å². The number of ether oxygens (including phenoxy) is 2. The van der Waals surface area contributed by atoms with Crippen molar-refractivity contribution in [2.45, 2.75) is 44.3 Å². The maximum Gasteiger partial charge on any atom is 0.312 e. The van der Waals surface area contributed by atoms with E-state index in [-0.39, 0.29) is 12.2 Å². The average Bonchev–Trinajstić information content (AvgIpc) is 2.78. The molecule has 2 rings (SSSR count). The normalized spacial score (nSPS) is 38.5. The minimum absolute atomic E-state index is 0.0585. The first-order chi connectivity index (χ1) is 7.19. The Hall–Kier alpha value is -0.610. The molecule has 2 bridgehead atoms. The Labute approximate surface area is 89.6 Å². The third-order valence-electron chi connectivity index (χ3n) is 3.71. The Morgan fingerprint density at radius 3 is 2.87 bits per heavy atom. The predicted octanol–water partition coefficient (Wildman–Crippen LogP) is 1.44. The summed E-state index contributed by atoms with van der Waals surface area (Å²) in [6.07, 6.45) is 4.24. The zero-order valence-corrected chi connectivity index (χ0v) is 9.07. The average molecular weight is 214 g/mol. The summed E-state index contributed by atoms with van der Waals surface area (Å²) < 4.78 is 10.6. The summed E-state index contributed by atoms with van der Waals surface area (Å²) in [5.74, 6) is -0.689. The van der Waals surface area contributed by atoms with Gasteiger partial charge < -0.3 is 14.6 Å².